The molecule has 0 aliphatic heterocycles. The SMILES string of the molecule is CC1(C)[C@H](C(=O)Cc2cccc(Oc3ccccc3)c2)[C@@H]1C=C(Br)Br. The molecular formula is C21H20Br2O2. The number of ether oxygens (including phenoxy) is 1. The number of halogens is 2. The molecular weight excluding hydrogens is 444 g/mol. The quantitative estimate of drug-likeness (QED) is 0.489. The molecule has 0 saturated heterocycles. The van der Waals surface area contributed by atoms with Gasteiger partial charge in [0.05, 0.1) is 3.39 Å². The number of carbonyl (C=O) groups is 1. The van der Waals surface area contributed by atoms with Gasteiger partial charge in [0.15, 0.2) is 0 Å². The zero-order chi connectivity index (χ0) is 18.0. The van der Waals surface area contributed by atoms with Crippen LogP contribution < -0.4 is 4.74 Å². The minimum atomic E-state index is 0.0159. The Labute approximate surface area is 165 Å². The Balaban J connectivity index is 1.68. The molecule has 1 saturated carbocycles. The van der Waals surface area contributed by atoms with E-state index >= 15 is 0 Å². The summed E-state index contributed by atoms with van der Waals surface area (Å²) in [6, 6.07) is 17.4. The van der Waals surface area contributed by atoms with Crippen LogP contribution in [0.2, 0.25) is 0 Å². The van der Waals surface area contributed by atoms with Crippen LogP contribution in [0, 0.1) is 17.3 Å². The Morgan fingerprint density at radius 1 is 1.08 bits per heavy atom. The maximum absolute atomic E-state index is 12.8. The van der Waals surface area contributed by atoms with Gasteiger partial charge in [0, 0.05) is 12.3 Å². The minimum Gasteiger partial charge on any atom is -0.457 e. The summed E-state index contributed by atoms with van der Waals surface area (Å²) in [4.78, 5) is 12.8. The van der Waals surface area contributed by atoms with Crippen molar-refractivity contribution in [2.45, 2.75) is 20.3 Å². The van der Waals surface area contributed by atoms with Gasteiger partial charge < -0.3 is 4.74 Å². The lowest BCUT2D eigenvalue weighted by Gasteiger charge is -2.08. The molecule has 2 aromatic rings. The van der Waals surface area contributed by atoms with Crippen LogP contribution in [0.25, 0.3) is 0 Å². The molecule has 1 fully saturated rings. The molecule has 2 aromatic carbocycles. The normalized spacial score (nSPS) is 20.6. The summed E-state index contributed by atoms with van der Waals surface area (Å²) >= 11 is 6.80. The summed E-state index contributed by atoms with van der Waals surface area (Å²) in [7, 11) is 0. The molecule has 0 bridgehead atoms. The predicted octanol–water partition coefficient (Wildman–Crippen LogP) is 6.49. The van der Waals surface area contributed by atoms with Crippen molar-refractivity contribution in [2.75, 3.05) is 0 Å². The van der Waals surface area contributed by atoms with Crippen molar-refractivity contribution in [2.24, 2.45) is 17.3 Å². The van der Waals surface area contributed by atoms with Crippen molar-refractivity contribution < 1.29 is 9.53 Å². The molecule has 1 aliphatic rings. The maximum Gasteiger partial charge on any atom is 0.141 e. The number of ketones is 1. The van der Waals surface area contributed by atoms with Crippen LogP contribution in [0.1, 0.15) is 19.4 Å². The molecule has 130 valence electrons. The standard InChI is InChI=1S/C21H20Br2O2/c1-21(2)17(13-19(22)23)20(21)18(24)12-14-7-6-10-16(11-14)25-15-8-4-3-5-9-15/h3-11,13,17,20H,12H2,1-2H3/t17-,20-/m0/s1. The van der Waals surface area contributed by atoms with Crippen molar-refractivity contribution in [3.8, 4) is 11.5 Å². The molecule has 3 rings (SSSR count). The fourth-order valence-electron chi connectivity index (χ4n) is 3.39. The van der Waals surface area contributed by atoms with E-state index in [2.05, 4.69) is 51.8 Å². The van der Waals surface area contributed by atoms with Gasteiger partial charge in [-0.3, -0.25) is 4.79 Å². The molecule has 0 aromatic heterocycles. The van der Waals surface area contributed by atoms with Gasteiger partial charge in [0.25, 0.3) is 0 Å². The fourth-order valence-corrected chi connectivity index (χ4v) is 3.96. The van der Waals surface area contributed by atoms with Gasteiger partial charge in [-0.25, -0.2) is 0 Å². The Kier molecular flexibility index (Phi) is 5.49. The van der Waals surface area contributed by atoms with Crippen molar-refractivity contribution >= 4 is 37.6 Å². The van der Waals surface area contributed by atoms with E-state index in [0.717, 1.165) is 20.5 Å². The van der Waals surface area contributed by atoms with E-state index in [-0.39, 0.29) is 23.0 Å². The molecule has 0 spiro atoms. The third kappa shape index (κ3) is 4.42. The molecule has 1 aliphatic carbocycles. The summed E-state index contributed by atoms with van der Waals surface area (Å²) in [5, 5.41) is 0. The highest BCUT2D eigenvalue weighted by Gasteiger charge is 2.59. The number of para-hydroxylation sites is 1. The van der Waals surface area contributed by atoms with Crippen molar-refractivity contribution in [3.63, 3.8) is 0 Å². The maximum atomic E-state index is 12.8. The Hall–Kier alpha value is -1.39. The first kappa shape index (κ1) is 18.4. The predicted molar refractivity (Wildman–Crippen MR) is 108 cm³/mol. The Bertz CT molecular complexity index is 793. The lowest BCUT2D eigenvalue weighted by molar-refractivity contribution is -0.120. The van der Waals surface area contributed by atoms with E-state index in [4.69, 9.17) is 4.74 Å². The summed E-state index contributed by atoms with van der Waals surface area (Å²) < 4.78 is 6.77. The number of benzene rings is 2. The monoisotopic (exact) mass is 462 g/mol. The first-order chi connectivity index (χ1) is 11.9. The summed E-state index contributed by atoms with van der Waals surface area (Å²) in [6.07, 6.45) is 2.52. The zero-order valence-corrected chi connectivity index (χ0v) is 17.4. The summed E-state index contributed by atoms with van der Waals surface area (Å²) in [5.74, 6) is 2.17. The second kappa shape index (κ2) is 7.46. The first-order valence-corrected chi connectivity index (χ1v) is 9.84. The van der Waals surface area contributed by atoms with E-state index in [1.165, 1.54) is 0 Å². The lowest BCUT2D eigenvalue weighted by atomic mass is 10.0. The lowest BCUT2D eigenvalue weighted by Crippen LogP contribution is -2.09. The van der Waals surface area contributed by atoms with Gasteiger partial charge in [-0.1, -0.05) is 50.3 Å². The molecule has 2 nitrogen and oxygen atoms in total. The van der Waals surface area contributed by atoms with E-state index < -0.39 is 0 Å². The van der Waals surface area contributed by atoms with Crippen LogP contribution >= 0.6 is 31.9 Å². The number of hydrogen-bond donors (Lipinski definition) is 0. The summed E-state index contributed by atoms with van der Waals surface area (Å²) in [5.41, 5.74) is 1.00. The van der Waals surface area contributed by atoms with Crippen LogP contribution in [0.4, 0.5) is 0 Å². The second-order valence-corrected chi connectivity index (χ2v) is 9.76. The van der Waals surface area contributed by atoms with Crippen molar-refractivity contribution in [1.82, 2.24) is 0 Å². The second-order valence-electron chi connectivity index (χ2n) is 6.99. The van der Waals surface area contributed by atoms with E-state index in [9.17, 15) is 4.79 Å². The van der Waals surface area contributed by atoms with Gasteiger partial charge in [-0.15, -0.1) is 0 Å². The molecule has 0 unspecified atom stereocenters. The van der Waals surface area contributed by atoms with Gasteiger partial charge in [0.2, 0.25) is 0 Å². The fraction of sp³-hybridized carbons (Fsp3) is 0.286. The number of allylic oxidation sites excluding steroid dienone is 1. The van der Waals surface area contributed by atoms with Crippen LogP contribution in [0.3, 0.4) is 0 Å². The molecule has 0 amide bonds. The number of rotatable bonds is 6. The van der Waals surface area contributed by atoms with Gasteiger partial charge >= 0.3 is 0 Å². The topological polar surface area (TPSA) is 26.3 Å². The largest absolute Gasteiger partial charge is 0.457 e. The van der Waals surface area contributed by atoms with Crippen LogP contribution in [0.5, 0.6) is 11.5 Å². The third-order valence-electron chi connectivity index (χ3n) is 4.82. The highest BCUT2D eigenvalue weighted by atomic mass is 79.9. The number of Topliss-reactive ketones (excluding diaryl/α,β-unsaturated/α-hetero) is 1. The third-order valence-corrected chi connectivity index (χ3v) is 5.35. The van der Waals surface area contributed by atoms with E-state index in [1.54, 1.807) is 0 Å². The van der Waals surface area contributed by atoms with Crippen molar-refractivity contribution in [3.05, 3.63) is 69.6 Å². The molecule has 0 radical (unpaired) electrons. The van der Waals surface area contributed by atoms with Gasteiger partial charge in [-0.2, -0.15) is 0 Å². The summed E-state index contributed by atoms with van der Waals surface area (Å²) in [6.45, 7) is 4.29. The molecule has 0 N–H and O–H groups in total. The molecule has 25 heavy (non-hydrogen) atoms. The van der Waals surface area contributed by atoms with E-state index in [0.29, 0.717) is 6.42 Å². The average molecular weight is 464 g/mol. The van der Waals surface area contributed by atoms with E-state index in [1.807, 2.05) is 54.6 Å². The highest BCUT2D eigenvalue weighted by molar-refractivity contribution is 9.28. The Morgan fingerprint density at radius 2 is 1.76 bits per heavy atom. The highest BCUT2D eigenvalue weighted by Crippen LogP contribution is 2.60. The molecule has 0 heterocycles. The van der Waals surface area contributed by atoms with Crippen LogP contribution in [-0.4, -0.2) is 5.78 Å². The number of carbonyl (C=O) groups excluding carboxylic acids is 1. The first-order valence-electron chi connectivity index (χ1n) is 8.25. The molecule has 2 atom stereocenters. The average Bonchev–Trinajstić information content (AvgIpc) is 3.08. The molecule has 4 heteroatoms. The van der Waals surface area contributed by atoms with Crippen molar-refractivity contribution in [1.29, 1.82) is 0 Å². The zero-order valence-electron chi connectivity index (χ0n) is 14.2. The number of hydrogen-bond acceptors (Lipinski definition) is 2. The smallest absolute Gasteiger partial charge is 0.141 e. The van der Waals surface area contributed by atoms with Crippen LogP contribution in [-0.2, 0) is 11.2 Å². The minimum absolute atomic E-state index is 0.0159. The van der Waals surface area contributed by atoms with Gasteiger partial charge in [-0.05, 0) is 73.0 Å². The van der Waals surface area contributed by atoms with Crippen LogP contribution in [0.15, 0.2) is 64.1 Å². The van der Waals surface area contributed by atoms with Gasteiger partial charge in [0.1, 0.15) is 17.3 Å². The Morgan fingerprint density at radius 3 is 2.44 bits per heavy atom.